The fourth-order valence-electron chi connectivity index (χ4n) is 1.25. The third-order valence-electron chi connectivity index (χ3n) is 2.05. The molecule has 1 aliphatic heterocycles. The van der Waals surface area contributed by atoms with Crippen molar-refractivity contribution in [1.29, 1.82) is 0 Å². The molecule has 1 aliphatic rings. The van der Waals surface area contributed by atoms with Crippen LogP contribution in [0, 0.1) is 5.92 Å². The first-order chi connectivity index (χ1) is 6.23. The summed E-state index contributed by atoms with van der Waals surface area (Å²) in [7, 11) is -3.37. The Kier molecular flexibility index (Phi) is 3.20. The Morgan fingerprint density at radius 3 is 2.36 bits per heavy atom. The average Bonchev–Trinajstić information content (AvgIpc) is 1.96. The lowest BCUT2D eigenvalue weighted by Gasteiger charge is -2.42. The van der Waals surface area contributed by atoms with Crippen LogP contribution in [0.3, 0.4) is 0 Å². The molecule has 0 aromatic carbocycles. The van der Waals surface area contributed by atoms with Crippen LogP contribution in [0.2, 0.25) is 0 Å². The number of rotatable bonds is 4. The molecular formula is C8H18N2O3S. The van der Waals surface area contributed by atoms with E-state index in [1.807, 2.05) is 13.8 Å². The molecule has 0 aliphatic carbocycles. The zero-order chi connectivity index (χ0) is 11.0. The van der Waals surface area contributed by atoms with Crippen molar-refractivity contribution in [3.8, 4) is 0 Å². The van der Waals surface area contributed by atoms with Gasteiger partial charge in [-0.1, -0.05) is 13.8 Å². The van der Waals surface area contributed by atoms with Crippen LogP contribution in [0.15, 0.2) is 0 Å². The molecule has 0 spiro atoms. The van der Waals surface area contributed by atoms with Gasteiger partial charge >= 0.3 is 0 Å². The predicted octanol–water partition coefficient (Wildman–Crippen LogP) is -0.457. The Labute approximate surface area is 85.3 Å². The second-order valence-electron chi connectivity index (χ2n) is 4.51. The molecule has 0 saturated carbocycles. The standard InChI is InChI=1S/C8H18N2O3S/c1-7(2)4-9-14(12,13)10-5-8(3,11)6-10/h7,9,11H,4-6H2,1-3H3. The van der Waals surface area contributed by atoms with E-state index in [0.29, 0.717) is 6.54 Å². The summed E-state index contributed by atoms with van der Waals surface area (Å²) in [6.45, 7) is 6.30. The van der Waals surface area contributed by atoms with Crippen molar-refractivity contribution in [2.45, 2.75) is 26.4 Å². The largest absolute Gasteiger partial charge is 0.387 e. The van der Waals surface area contributed by atoms with E-state index in [1.165, 1.54) is 4.31 Å². The number of hydrogen-bond acceptors (Lipinski definition) is 3. The van der Waals surface area contributed by atoms with E-state index in [2.05, 4.69) is 4.72 Å². The minimum absolute atomic E-state index is 0.181. The van der Waals surface area contributed by atoms with Gasteiger partial charge in [-0.2, -0.15) is 12.7 Å². The molecule has 0 radical (unpaired) electrons. The molecule has 2 N–H and O–H groups in total. The minimum Gasteiger partial charge on any atom is -0.387 e. The maximum absolute atomic E-state index is 11.5. The van der Waals surface area contributed by atoms with Gasteiger partial charge in [0.2, 0.25) is 0 Å². The lowest BCUT2D eigenvalue weighted by Crippen LogP contribution is -2.63. The molecule has 0 unspecified atom stereocenters. The van der Waals surface area contributed by atoms with Gasteiger partial charge in [-0.25, -0.2) is 4.72 Å². The molecule has 1 fully saturated rings. The van der Waals surface area contributed by atoms with Gasteiger partial charge < -0.3 is 5.11 Å². The Bertz CT molecular complexity index is 290. The van der Waals surface area contributed by atoms with Crippen molar-refractivity contribution in [3.05, 3.63) is 0 Å². The second kappa shape index (κ2) is 3.77. The lowest BCUT2D eigenvalue weighted by molar-refractivity contribution is -0.0432. The molecule has 6 heteroatoms. The van der Waals surface area contributed by atoms with E-state index in [-0.39, 0.29) is 19.0 Å². The zero-order valence-corrected chi connectivity index (χ0v) is 9.63. The van der Waals surface area contributed by atoms with Gasteiger partial charge in [0.25, 0.3) is 10.2 Å². The van der Waals surface area contributed by atoms with Crippen LogP contribution >= 0.6 is 0 Å². The highest BCUT2D eigenvalue weighted by Gasteiger charge is 2.43. The molecule has 0 amide bonds. The van der Waals surface area contributed by atoms with Gasteiger partial charge in [-0.3, -0.25) is 0 Å². The normalized spacial score (nSPS) is 22.4. The van der Waals surface area contributed by atoms with Crippen molar-refractivity contribution in [1.82, 2.24) is 9.03 Å². The fraction of sp³-hybridized carbons (Fsp3) is 1.00. The Balaban J connectivity index is 2.44. The van der Waals surface area contributed by atoms with Gasteiger partial charge in [0.1, 0.15) is 0 Å². The molecule has 5 nitrogen and oxygen atoms in total. The SMILES string of the molecule is CC(C)CNS(=O)(=O)N1CC(C)(O)C1. The van der Waals surface area contributed by atoms with E-state index < -0.39 is 15.8 Å². The molecule has 0 aromatic rings. The lowest BCUT2D eigenvalue weighted by atomic mass is 10.0. The quantitative estimate of drug-likeness (QED) is 0.676. The van der Waals surface area contributed by atoms with Crippen molar-refractivity contribution >= 4 is 10.2 Å². The summed E-state index contributed by atoms with van der Waals surface area (Å²) in [5.41, 5.74) is -0.855. The molecule has 0 atom stereocenters. The predicted molar refractivity (Wildman–Crippen MR) is 54.0 cm³/mol. The molecule has 84 valence electrons. The van der Waals surface area contributed by atoms with Gasteiger partial charge in [0.15, 0.2) is 0 Å². The molecule has 1 heterocycles. The Morgan fingerprint density at radius 2 is 2.00 bits per heavy atom. The number of aliphatic hydroxyl groups is 1. The Hall–Kier alpha value is -0.170. The van der Waals surface area contributed by atoms with Crippen molar-refractivity contribution < 1.29 is 13.5 Å². The van der Waals surface area contributed by atoms with Gasteiger partial charge in [-0.15, -0.1) is 0 Å². The summed E-state index contributed by atoms with van der Waals surface area (Å²) >= 11 is 0. The molecule has 0 bridgehead atoms. The summed E-state index contributed by atoms with van der Waals surface area (Å²) in [6, 6.07) is 0. The maximum Gasteiger partial charge on any atom is 0.279 e. The second-order valence-corrected chi connectivity index (χ2v) is 6.27. The van der Waals surface area contributed by atoms with Gasteiger partial charge in [0, 0.05) is 19.6 Å². The highest BCUT2D eigenvalue weighted by molar-refractivity contribution is 7.87. The van der Waals surface area contributed by atoms with E-state index in [9.17, 15) is 13.5 Å². The van der Waals surface area contributed by atoms with Crippen LogP contribution in [-0.2, 0) is 10.2 Å². The van der Waals surface area contributed by atoms with Crippen LogP contribution in [0.5, 0.6) is 0 Å². The molecule has 14 heavy (non-hydrogen) atoms. The summed E-state index contributed by atoms with van der Waals surface area (Å²) in [5, 5.41) is 9.39. The molecule has 0 aromatic heterocycles. The molecular weight excluding hydrogens is 204 g/mol. The minimum atomic E-state index is -3.37. The van der Waals surface area contributed by atoms with E-state index in [4.69, 9.17) is 0 Å². The van der Waals surface area contributed by atoms with Crippen molar-refractivity contribution in [2.24, 2.45) is 5.92 Å². The third kappa shape index (κ3) is 2.91. The van der Waals surface area contributed by atoms with Crippen molar-refractivity contribution in [2.75, 3.05) is 19.6 Å². The Morgan fingerprint density at radius 1 is 1.50 bits per heavy atom. The average molecular weight is 222 g/mol. The summed E-state index contributed by atoms with van der Waals surface area (Å²) < 4.78 is 26.7. The first kappa shape index (κ1) is 11.9. The molecule has 1 rings (SSSR count). The fourth-order valence-corrected chi connectivity index (χ4v) is 2.87. The molecule has 1 saturated heterocycles. The van der Waals surface area contributed by atoms with Crippen LogP contribution in [0.25, 0.3) is 0 Å². The van der Waals surface area contributed by atoms with Gasteiger partial charge in [-0.05, 0) is 12.8 Å². The summed E-state index contributed by atoms with van der Waals surface area (Å²) in [4.78, 5) is 0. The zero-order valence-electron chi connectivity index (χ0n) is 8.82. The maximum atomic E-state index is 11.5. The highest BCUT2D eigenvalue weighted by Crippen LogP contribution is 2.22. The monoisotopic (exact) mass is 222 g/mol. The van der Waals surface area contributed by atoms with E-state index >= 15 is 0 Å². The summed E-state index contributed by atoms with van der Waals surface area (Å²) in [6.07, 6.45) is 0. The van der Waals surface area contributed by atoms with Crippen LogP contribution < -0.4 is 4.72 Å². The number of nitrogens with zero attached hydrogens (tertiary/aromatic N) is 1. The number of β-amino-alcohol motifs (C(OH)–C–C–N with tert-alkyl or cyclic N) is 1. The highest BCUT2D eigenvalue weighted by atomic mass is 32.2. The first-order valence-corrected chi connectivity index (χ1v) is 6.14. The smallest absolute Gasteiger partial charge is 0.279 e. The third-order valence-corrected chi connectivity index (χ3v) is 3.52. The first-order valence-electron chi connectivity index (χ1n) is 4.70. The number of nitrogens with one attached hydrogen (secondary N) is 1. The van der Waals surface area contributed by atoms with Gasteiger partial charge in [0.05, 0.1) is 5.60 Å². The van der Waals surface area contributed by atoms with Crippen LogP contribution in [0.4, 0.5) is 0 Å². The summed E-state index contributed by atoms with van der Waals surface area (Å²) in [5.74, 6) is 0.284. The van der Waals surface area contributed by atoms with Crippen LogP contribution in [0.1, 0.15) is 20.8 Å². The van der Waals surface area contributed by atoms with Crippen molar-refractivity contribution in [3.63, 3.8) is 0 Å². The van der Waals surface area contributed by atoms with E-state index in [0.717, 1.165) is 0 Å². The number of hydrogen-bond donors (Lipinski definition) is 2. The van der Waals surface area contributed by atoms with Crippen LogP contribution in [-0.4, -0.2) is 43.1 Å². The van der Waals surface area contributed by atoms with E-state index in [1.54, 1.807) is 6.92 Å². The topological polar surface area (TPSA) is 69.6 Å².